The van der Waals surface area contributed by atoms with Gasteiger partial charge < -0.3 is 9.84 Å². The maximum atomic E-state index is 8.70. The normalized spacial score (nSPS) is 28.0. The SMILES string of the molecule is CC(C)CCCC[C@H]1O[C@H]1CO. The second kappa shape index (κ2) is 4.83. The Bertz CT molecular complexity index is 123. The van der Waals surface area contributed by atoms with Crippen molar-refractivity contribution in [2.24, 2.45) is 5.92 Å². The van der Waals surface area contributed by atoms with E-state index in [1.165, 1.54) is 19.3 Å². The average Bonchev–Trinajstić information content (AvgIpc) is 2.76. The van der Waals surface area contributed by atoms with Crippen molar-refractivity contribution in [2.45, 2.75) is 51.7 Å². The van der Waals surface area contributed by atoms with E-state index in [4.69, 9.17) is 9.84 Å². The van der Waals surface area contributed by atoms with Gasteiger partial charge in [-0.1, -0.05) is 33.1 Å². The second-order valence-electron chi connectivity index (χ2n) is 4.07. The van der Waals surface area contributed by atoms with Crippen molar-refractivity contribution in [2.75, 3.05) is 6.61 Å². The highest BCUT2D eigenvalue weighted by molar-refractivity contribution is 4.83. The van der Waals surface area contributed by atoms with Crippen molar-refractivity contribution >= 4 is 0 Å². The van der Waals surface area contributed by atoms with Crippen molar-refractivity contribution in [1.82, 2.24) is 0 Å². The van der Waals surface area contributed by atoms with Gasteiger partial charge in [-0.3, -0.25) is 0 Å². The summed E-state index contributed by atoms with van der Waals surface area (Å²) in [5.74, 6) is 0.818. The van der Waals surface area contributed by atoms with Crippen LogP contribution in [-0.2, 0) is 4.74 Å². The minimum atomic E-state index is 0.170. The largest absolute Gasteiger partial charge is 0.394 e. The third kappa shape index (κ3) is 3.55. The highest BCUT2D eigenvalue weighted by Crippen LogP contribution is 2.26. The van der Waals surface area contributed by atoms with Crippen molar-refractivity contribution < 1.29 is 9.84 Å². The summed E-state index contributed by atoms with van der Waals surface area (Å²) in [6.07, 6.45) is 5.55. The molecule has 0 aliphatic carbocycles. The van der Waals surface area contributed by atoms with E-state index >= 15 is 0 Å². The van der Waals surface area contributed by atoms with Crippen molar-refractivity contribution in [3.05, 3.63) is 0 Å². The molecule has 72 valence electrons. The molecule has 0 bridgehead atoms. The molecule has 0 aromatic heterocycles. The molecule has 2 heteroatoms. The topological polar surface area (TPSA) is 32.8 Å². The fourth-order valence-corrected chi connectivity index (χ4v) is 1.49. The number of ether oxygens (including phenoxy) is 1. The van der Waals surface area contributed by atoms with E-state index < -0.39 is 0 Å². The number of hydrogen-bond donors (Lipinski definition) is 1. The Balaban J connectivity index is 1.84. The number of aliphatic hydroxyl groups excluding tert-OH is 1. The Kier molecular flexibility index (Phi) is 4.02. The molecule has 1 saturated heterocycles. The number of hydrogen-bond acceptors (Lipinski definition) is 2. The van der Waals surface area contributed by atoms with Crippen LogP contribution >= 0.6 is 0 Å². The van der Waals surface area contributed by atoms with Crippen molar-refractivity contribution in [3.8, 4) is 0 Å². The first-order valence-electron chi connectivity index (χ1n) is 5.00. The molecule has 1 rings (SSSR count). The molecule has 0 spiro atoms. The monoisotopic (exact) mass is 172 g/mol. The molecule has 12 heavy (non-hydrogen) atoms. The van der Waals surface area contributed by atoms with Gasteiger partial charge in [-0.2, -0.15) is 0 Å². The summed E-state index contributed by atoms with van der Waals surface area (Å²) < 4.78 is 5.22. The van der Waals surface area contributed by atoms with E-state index in [1.807, 2.05) is 0 Å². The van der Waals surface area contributed by atoms with Crippen molar-refractivity contribution in [3.63, 3.8) is 0 Å². The molecule has 0 saturated carbocycles. The molecular formula is C10H20O2. The van der Waals surface area contributed by atoms with Crippen LogP contribution in [0.1, 0.15) is 39.5 Å². The van der Waals surface area contributed by atoms with Crippen LogP contribution in [0.15, 0.2) is 0 Å². The highest BCUT2D eigenvalue weighted by Gasteiger charge is 2.36. The van der Waals surface area contributed by atoms with Crippen LogP contribution in [0.25, 0.3) is 0 Å². The summed E-state index contributed by atoms with van der Waals surface area (Å²) in [5, 5.41) is 8.70. The zero-order valence-corrected chi connectivity index (χ0v) is 8.12. The molecular weight excluding hydrogens is 152 g/mol. The summed E-state index contributed by atoms with van der Waals surface area (Å²) in [7, 11) is 0. The first kappa shape index (κ1) is 10.0. The molecule has 2 atom stereocenters. The molecule has 2 nitrogen and oxygen atoms in total. The lowest BCUT2D eigenvalue weighted by Crippen LogP contribution is -1.99. The highest BCUT2D eigenvalue weighted by atomic mass is 16.6. The van der Waals surface area contributed by atoms with Gasteiger partial charge in [0.15, 0.2) is 0 Å². The predicted molar refractivity (Wildman–Crippen MR) is 49.1 cm³/mol. The van der Waals surface area contributed by atoms with Crippen LogP contribution in [-0.4, -0.2) is 23.9 Å². The van der Waals surface area contributed by atoms with Crippen LogP contribution in [0.2, 0.25) is 0 Å². The summed E-state index contributed by atoms with van der Waals surface area (Å²) in [6, 6.07) is 0. The van der Waals surface area contributed by atoms with Crippen LogP contribution in [0, 0.1) is 5.92 Å². The van der Waals surface area contributed by atoms with Gasteiger partial charge in [0.05, 0.1) is 12.7 Å². The molecule has 0 aromatic rings. The molecule has 0 unspecified atom stereocenters. The van der Waals surface area contributed by atoms with E-state index in [-0.39, 0.29) is 12.7 Å². The summed E-state index contributed by atoms with van der Waals surface area (Å²) in [5.41, 5.74) is 0. The fourth-order valence-electron chi connectivity index (χ4n) is 1.49. The Morgan fingerprint density at radius 3 is 2.50 bits per heavy atom. The first-order valence-corrected chi connectivity index (χ1v) is 5.00. The quantitative estimate of drug-likeness (QED) is 0.490. The molecule has 1 aliphatic rings. The molecule has 0 amide bonds. The van der Waals surface area contributed by atoms with E-state index in [9.17, 15) is 0 Å². The third-order valence-corrected chi connectivity index (χ3v) is 2.39. The third-order valence-electron chi connectivity index (χ3n) is 2.39. The van der Waals surface area contributed by atoms with E-state index in [0.29, 0.717) is 6.10 Å². The zero-order valence-electron chi connectivity index (χ0n) is 8.12. The molecule has 1 heterocycles. The molecule has 0 radical (unpaired) electrons. The Morgan fingerprint density at radius 1 is 1.25 bits per heavy atom. The van der Waals surface area contributed by atoms with Crippen LogP contribution in [0.5, 0.6) is 0 Å². The molecule has 1 N–H and O–H groups in total. The van der Waals surface area contributed by atoms with Gasteiger partial charge in [-0.15, -0.1) is 0 Å². The average molecular weight is 172 g/mol. The van der Waals surface area contributed by atoms with Crippen LogP contribution < -0.4 is 0 Å². The second-order valence-corrected chi connectivity index (χ2v) is 4.07. The summed E-state index contributed by atoms with van der Waals surface area (Å²) >= 11 is 0. The van der Waals surface area contributed by atoms with Crippen molar-refractivity contribution in [1.29, 1.82) is 0 Å². The maximum absolute atomic E-state index is 8.70. The van der Waals surface area contributed by atoms with Gasteiger partial charge in [0.25, 0.3) is 0 Å². The zero-order chi connectivity index (χ0) is 8.97. The lowest BCUT2D eigenvalue weighted by atomic mass is 10.0. The summed E-state index contributed by atoms with van der Waals surface area (Å²) in [6.45, 7) is 4.71. The van der Waals surface area contributed by atoms with E-state index in [1.54, 1.807) is 0 Å². The van der Waals surface area contributed by atoms with Gasteiger partial charge in [-0.05, 0) is 12.3 Å². The number of unbranched alkanes of at least 4 members (excludes halogenated alkanes) is 1. The number of aliphatic hydroxyl groups is 1. The maximum Gasteiger partial charge on any atom is 0.107 e. The summed E-state index contributed by atoms with van der Waals surface area (Å²) in [4.78, 5) is 0. The number of epoxide rings is 1. The van der Waals surface area contributed by atoms with Crippen LogP contribution in [0.3, 0.4) is 0 Å². The predicted octanol–water partition coefficient (Wildman–Crippen LogP) is 1.96. The smallest absolute Gasteiger partial charge is 0.107 e. The lowest BCUT2D eigenvalue weighted by Gasteiger charge is -2.02. The minimum Gasteiger partial charge on any atom is -0.394 e. The van der Waals surface area contributed by atoms with Crippen LogP contribution in [0.4, 0.5) is 0 Å². The van der Waals surface area contributed by atoms with E-state index in [2.05, 4.69) is 13.8 Å². The fraction of sp³-hybridized carbons (Fsp3) is 1.00. The van der Waals surface area contributed by atoms with Gasteiger partial charge in [0.2, 0.25) is 0 Å². The first-order chi connectivity index (χ1) is 5.74. The lowest BCUT2D eigenvalue weighted by molar-refractivity contribution is 0.241. The Morgan fingerprint density at radius 2 is 2.00 bits per heavy atom. The minimum absolute atomic E-state index is 0.170. The van der Waals surface area contributed by atoms with Gasteiger partial charge in [0.1, 0.15) is 6.10 Å². The van der Waals surface area contributed by atoms with E-state index in [0.717, 1.165) is 12.3 Å². The standard InChI is InChI=1S/C10H20O2/c1-8(2)5-3-4-6-9-10(7-11)12-9/h8-11H,3-7H2,1-2H3/t9-,10+/m1/s1. The van der Waals surface area contributed by atoms with Gasteiger partial charge in [-0.25, -0.2) is 0 Å². The molecule has 1 fully saturated rings. The van der Waals surface area contributed by atoms with Gasteiger partial charge in [0, 0.05) is 0 Å². The van der Waals surface area contributed by atoms with Gasteiger partial charge >= 0.3 is 0 Å². The molecule has 0 aromatic carbocycles. The molecule has 1 aliphatic heterocycles. The Labute approximate surface area is 74.9 Å². The number of rotatable bonds is 6. The Hall–Kier alpha value is -0.0800.